The van der Waals surface area contributed by atoms with E-state index >= 15 is 0 Å². The second-order valence-electron chi connectivity index (χ2n) is 7.87. The van der Waals surface area contributed by atoms with E-state index in [1.807, 2.05) is 17.9 Å². The van der Waals surface area contributed by atoms with Crippen molar-refractivity contribution in [3.63, 3.8) is 0 Å². The Balaban J connectivity index is 1.49. The lowest BCUT2D eigenvalue weighted by Gasteiger charge is -2.47. The molecule has 0 bridgehead atoms. The summed E-state index contributed by atoms with van der Waals surface area (Å²) in [5, 5.41) is 11.6. The molecule has 0 saturated carbocycles. The Hall–Kier alpha value is -1.48. The van der Waals surface area contributed by atoms with Crippen LogP contribution < -0.4 is 5.32 Å². The topological polar surface area (TPSA) is 88.1 Å². The molecule has 0 aromatic carbocycles. The Morgan fingerprint density at radius 1 is 1.33 bits per heavy atom. The summed E-state index contributed by atoms with van der Waals surface area (Å²) in [7, 11) is 0. The molecule has 0 unspecified atom stereocenters. The smallest absolute Gasteiger partial charge is 0.261 e. The summed E-state index contributed by atoms with van der Waals surface area (Å²) in [6.45, 7) is 5.13. The van der Waals surface area contributed by atoms with Crippen LogP contribution in [-0.2, 0) is 26.3 Å². The van der Waals surface area contributed by atoms with Crippen LogP contribution in [0.25, 0.3) is 0 Å². The number of ether oxygens (including phenoxy) is 2. The van der Waals surface area contributed by atoms with E-state index in [4.69, 9.17) is 14.6 Å². The Morgan fingerprint density at radius 3 is 2.70 bits per heavy atom. The molecule has 0 aliphatic carbocycles. The maximum atomic E-state index is 12.7. The fraction of sp³-hybridized carbons (Fsp3) is 0.684. The lowest BCUT2D eigenvalue weighted by atomic mass is 9.80. The number of likely N-dealkylation sites (tertiary alicyclic amines) is 1. The Kier molecular flexibility index (Phi) is 5.00. The fourth-order valence-electron chi connectivity index (χ4n) is 4.18. The van der Waals surface area contributed by atoms with Gasteiger partial charge < -0.3 is 24.8 Å². The maximum Gasteiger partial charge on any atom is 0.261 e. The van der Waals surface area contributed by atoms with Crippen LogP contribution in [0, 0.1) is 5.41 Å². The van der Waals surface area contributed by atoms with Gasteiger partial charge in [0.2, 0.25) is 5.91 Å². The standard InChI is InChI=1S/C19H26N2O5S/c1-18(11-25-12-18)17(24)21-6-3-19(4-7-21)13-10-15(16(23)20-5-8-22)27-14(13)2-9-26-19/h10,22H,2-9,11-12H2,1H3,(H,20,23). The number of fused-ring (bicyclic) bond motifs is 2. The van der Waals surface area contributed by atoms with Gasteiger partial charge in [0.1, 0.15) is 0 Å². The molecule has 1 spiro atoms. The van der Waals surface area contributed by atoms with Crippen LogP contribution in [0.5, 0.6) is 0 Å². The number of carbonyl (C=O) groups is 2. The molecule has 2 fully saturated rings. The molecular weight excluding hydrogens is 368 g/mol. The summed E-state index contributed by atoms with van der Waals surface area (Å²) < 4.78 is 11.5. The van der Waals surface area contributed by atoms with Crippen molar-refractivity contribution < 1.29 is 24.2 Å². The van der Waals surface area contributed by atoms with Gasteiger partial charge in [-0.25, -0.2) is 0 Å². The summed E-state index contributed by atoms with van der Waals surface area (Å²) in [5.41, 5.74) is 0.342. The molecule has 0 atom stereocenters. The molecule has 1 aromatic rings. The third kappa shape index (κ3) is 3.29. The van der Waals surface area contributed by atoms with Crippen molar-refractivity contribution in [2.75, 3.05) is 46.1 Å². The predicted molar refractivity (Wildman–Crippen MR) is 99.8 cm³/mol. The summed E-state index contributed by atoms with van der Waals surface area (Å²) in [5.74, 6) is 0.0261. The van der Waals surface area contributed by atoms with Gasteiger partial charge in [0.25, 0.3) is 5.91 Å². The second-order valence-corrected chi connectivity index (χ2v) is 9.00. The van der Waals surface area contributed by atoms with E-state index < -0.39 is 5.60 Å². The molecule has 148 valence electrons. The number of aliphatic hydroxyl groups is 1. The molecule has 1 aromatic heterocycles. The molecule has 2 N–H and O–H groups in total. The molecule has 7 nitrogen and oxygen atoms in total. The third-order valence-corrected chi connectivity index (χ3v) is 7.04. The van der Waals surface area contributed by atoms with E-state index in [1.54, 1.807) is 0 Å². The van der Waals surface area contributed by atoms with E-state index in [2.05, 4.69) is 5.32 Å². The first kappa shape index (κ1) is 18.9. The number of amides is 2. The Bertz CT molecular complexity index is 734. The number of nitrogens with one attached hydrogen (secondary N) is 1. The average molecular weight is 394 g/mol. The van der Waals surface area contributed by atoms with E-state index in [0.717, 1.165) is 24.8 Å². The number of aliphatic hydroxyl groups excluding tert-OH is 1. The van der Waals surface area contributed by atoms with Gasteiger partial charge in [0.05, 0.1) is 42.3 Å². The van der Waals surface area contributed by atoms with Crippen LogP contribution in [0.3, 0.4) is 0 Å². The molecule has 2 saturated heterocycles. The quantitative estimate of drug-likeness (QED) is 0.792. The van der Waals surface area contributed by atoms with E-state index in [1.165, 1.54) is 16.2 Å². The highest BCUT2D eigenvalue weighted by Crippen LogP contribution is 2.45. The lowest BCUT2D eigenvalue weighted by Crippen LogP contribution is -2.57. The molecule has 4 rings (SSSR count). The zero-order valence-corrected chi connectivity index (χ0v) is 16.4. The van der Waals surface area contributed by atoms with Crippen LogP contribution >= 0.6 is 11.3 Å². The molecule has 8 heteroatoms. The highest BCUT2D eigenvalue weighted by Gasteiger charge is 2.48. The van der Waals surface area contributed by atoms with Gasteiger partial charge in [-0.3, -0.25) is 9.59 Å². The van der Waals surface area contributed by atoms with Crippen LogP contribution in [0.4, 0.5) is 0 Å². The minimum absolute atomic E-state index is 0.0717. The minimum Gasteiger partial charge on any atom is -0.395 e. The first-order valence-corrected chi connectivity index (χ1v) is 10.3. The molecule has 27 heavy (non-hydrogen) atoms. The maximum absolute atomic E-state index is 12.7. The number of carbonyl (C=O) groups excluding carboxylic acids is 2. The molecule has 3 aliphatic rings. The lowest BCUT2D eigenvalue weighted by molar-refractivity contribution is -0.174. The highest BCUT2D eigenvalue weighted by atomic mass is 32.1. The van der Waals surface area contributed by atoms with Crippen LogP contribution in [-0.4, -0.2) is 67.9 Å². The van der Waals surface area contributed by atoms with Gasteiger partial charge in [0.15, 0.2) is 0 Å². The summed E-state index contributed by atoms with van der Waals surface area (Å²) in [6.07, 6.45) is 2.31. The van der Waals surface area contributed by atoms with Crippen molar-refractivity contribution in [3.05, 3.63) is 21.4 Å². The first-order chi connectivity index (χ1) is 13.0. The number of rotatable bonds is 4. The van der Waals surface area contributed by atoms with Crippen LogP contribution in [0.15, 0.2) is 6.07 Å². The van der Waals surface area contributed by atoms with Gasteiger partial charge in [-0.15, -0.1) is 11.3 Å². The van der Waals surface area contributed by atoms with Crippen LogP contribution in [0.1, 0.15) is 39.9 Å². The van der Waals surface area contributed by atoms with Gasteiger partial charge in [-0.2, -0.15) is 0 Å². The monoisotopic (exact) mass is 394 g/mol. The SMILES string of the molecule is CC1(C(=O)N2CCC3(CC2)OCCc2sc(C(=O)NCCO)cc23)COC1. The van der Waals surface area contributed by atoms with Crippen molar-refractivity contribution in [3.8, 4) is 0 Å². The van der Waals surface area contributed by atoms with Crippen molar-refractivity contribution in [2.24, 2.45) is 5.41 Å². The number of piperidine rings is 1. The number of nitrogens with zero attached hydrogens (tertiary/aromatic N) is 1. The van der Waals surface area contributed by atoms with E-state index in [-0.39, 0.29) is 30.4 Å². The van der Waals surface area contributed by atoms with E-state index in [0.29, 0.717) is 37.8 Å². The average Bonchev–Trinajstić information content (AvgIpc) is 3.10. The number of thiophene rings is 1. The normalized spacial score (nSPS) is 22.8. The molecule has 0 radical (unpaired) electrons. The zero-order chi connectivity index (χ0) is 19.1. The van der Waals surface area contributed by atoms with Gasteiger partial charge in [0, 0.05) is 30.9 Å². The van der Waals surface area contributed by atoms with Crippen molar-refractivity contribution in [2.45, 2.75) is 31.8 Å². The third-order valence-electron chi connectivity index (χ3n) is 5.84. The molecular formula is C19H26N2O5S. The van der Waals surface area contributed by atoms with Gasteiger partial charge in [-0.1, -0.05) is 0 Å². The highest BCUT2D eigenvalue weighted by molar-refractivity contribution is 7.14. The van der Waals surface area contributed by atoms with E-state index in [9.17, 15) is 9.59 Å². The van der Waals surface area contributed by atoms with Crippen molar-refractivity contribution >= 4 is 23.2 Å². The minimum atomic E-state index is -0.395. The van der Waals surface area contributed by atoms with Gasteiger partial charge >= 0.3 is 0 Å². The second kappa shape index (κ2) is 7.16. The largest absolute Gasteiger partial charge is 0.395 e. The fourth-order valence-corrected chi connectivity index (χ4v) is 5.33. The zero-order valence-electron chi connectivity index (χ0n) is 15.6. The first-order valence-electron chi connectivity index (χ1n) is 9.51. The Labute approximate surface area is 162 Å². The number of hydrogen-bond donors (Lipinski definition) is 2. The predicted octanol–water partition coefficient (Wildman–Crippen LogP) is 0.897. The molecule has 4 heterocycles. The number of hydrogen-bond acceptors (Lipinski definition) is 6. The van der Waals surface area contributed by atoms with Gasteiger partial charge in [-0.05, 0) is 31.4 Å². The van der Waals surface area contributed by atoms with Crippen molar-refractivity contribution in [1.82, 2.24) is 10.2 Å². The van der Waals surface area contributed by atoms with Crippen molar-refractivity contribution in [1.29, 1.82) is 0 Å². The molecule has 3 aliphatic heterocycles. The summed E-state index contributed by atoms with van der Waals surface area (Å²) in [6, 6.07) is 1.95. The van der Waals surface area contributed by atoms with Crippen LogP contribution in [0.2, 0.25) is 0 Å². The summed E-state index contributed by atoms with van der Waals surface area (Å²) >= 11 is 1.51. The molecule has 2 amide bonds. The summed E-state index contributed by atoms with van der Waals surface area (Å²) in [4.78, 5) is 28.8. The Morgan fingerprint density at radius 2 is 2.07 bits per heavy atom.